The van der Waals surface area contributed by atoms with Crippen molar-refractivity contribution in [2.24, 2.45) is 0 Å². The smallest absolute Gasteiger partial charge is 0.307 e. The predicted octanol–water partition coefficient (Wildman–Crippen LogP) is 5.97. The molecular weight excluding hydrogens is 470 g/mol. The molecule has 0 aliphatic heterocycles. The normalized spacial score (nSPS) is 11.1. The van der Waals surface area contributed by atoms with Crippen molar-refractivity contribution < 1.29 is 9.90 Å². The molecule has 0 atom stereocenters. The van der Waals surface area contributed by atoms with Gasteiger partial charge >= 0.3 is 5.97 Å². The van der Waals surface area contributed by atoms with Crippen molar-refractivity contribution in [3.63, 3.8) is 0 Å². The number of thiazole rings is 1. The van der Waals surface area contributed by atoms with Crippen LogP contribution in [0.2, 0.25) is 5.02 Å². The number of nitrogens with zero attached hydrogens (tertiary/aromatic N) is 2. The number of hydrogen-bond donors (Lipinski definition) is 2. The number of hydrogen-bond acceptors (Lipinski definition) is 5. The molecular formula is C26H18ClN3O3S. The number of aryl methyl sites for hydroxylation is 1. The summed E-state index contributed by atoms with van der Waals surface area (Å²) in [6.07, 6.45) is 3.14. The monoisotopic (exact) mass is 487 g/mol. The van der Waals surface area contributed by atoms with Crippen molar-refractivity contribution in [2.45, 2.75) is 13.3 Å². The van der Waals surface area contributed by atoms with Crippen molar-refractivity contribution in [2.75, 3.05) is 0 Å². The van der Waals surface area contributed by atoms with Crippen molar-refractivity contribution in [1.29, 1.82) is 0 Å². The van der Waals surface area contributed by atoms with Gasteiger partial charge in [0.05, 0.1) is 27.9 Å². The first-order valence-corrected chi connectivity index (χ1v) is 11.7. The van der Waals surface area contributed by atoms with Crippen LogP contribution in [-0.2, 0) is 11.2 Å². The zero-order chi connectivity index (χ0) is 23.8. The lowest BCUT2D eigenvalue weighted by molar-refractivity contribution is -0.136. The van der Waals surface area contributed by atoms with E-state index in [2.05, 4.69) is 9.97 Å². The molecule has 0 saturated carbocycles. The van der Waals surface area contributed by atoms with E-state index in [1.807, 2.05) is 37.3 Å². The molecule has 5 rings (SSSR count). The summed E-state index contributed by atoms with van der Waals surface area (Å²) in [6, 6.07) is 16.5. The fourth-order valence-corrected chi connectivity index (χ4v) is 5.25. The Hall–Kier alpha value is -3.81. The number of carboxylic acids is 1. The van der Waals surface area contributed by atoms with Crippen molar-refractivity contribution >= 4 is 39.1 Å². The molecule has 5 aromatic rings. The van der Waals surface area contributed by atoms with Gasteiger partial charge in [-0.2, -0.15) is 0 Å². The van der Waals surface area contributed by atoms with Gasteiger partial charge in [-0.25, -0.2) is 4.98 Å². The Morgan fingerprint density at radius 3 is 2.65 bits per heavy atom. The van der Waals surface area contributed by atoms with Crippen LogP contribution < -0.4 is 5.56 Å². The second kappa shape index (κ2) is 8.85. The summed E-state index contributed by atoms with van der Waals surface area (Å²) in [5.41, 5.74) is 5.79. The number of H-pyrrole nitrogens is 1. The average molecular weight is 488 g/mol. The van der Waals surface area contributed by atoms with Gasteiger partial charge in [-0.1, -0.05) is 23.7 Å². The number of halogens is 1. The molecule has 8 heteroatoms. The molecule has 2 aromatic carbocycles. The molecule has 0 aliphatic rings. The van der Waals surface area contributed by atoms with Gasteiger partial charge in [0.25, 0.3) is 5.56 Å². The Morgan fingerprint density at radius 1 is 1.12 bits per heavy atom. The zero-order valence-corrected chi connectivity index (χ0v) is 19.6. The van der Waals surface area contributed by atoms with Gasteiger partial charge in [0.1, 0.15) is 5.01 Å². The minimum Gasteiger partial charge on any atom is -0.481 e. The lowest BCUT2D eigenvalue weighted by Gasteiger charge is -2.13. The Kier molecular flexibility index (Phi) is 5.73. The van der Waals surface area contributed by atoms with Crippen LogP contribution in [0.4, 0.5) is 0 Å². The molecule has 3 heterocycles. The number of aromatic amines is 1. The molecule has 0 aliphatic carbocycles. The number of aromatic nitrogens is 3. The second-order valence-electron chi connectivity index (χ2n) is 7.83. The highest BCUT2D eigenvalue weighted by Gasteiger charge is 2.20. The Morgan fingerprint density at radius 2 is 1.91 bits per heavy atom. The second-order valence-corrected chi connectivity index (χ2v) is 9.27. The minimum atomic E-state index is -0.894. The van der Waals surface area contributed by atoms with Gasteiger partial charge in [-0.05, 0) is 66.1 Å². The van der Waals surface area contributed by atoms with E-state index >= 15 is 0 Å². The van der Waals surface area contributed by atoms with Gasteiger partial charge in [-0.3, -0.25) is 14.6 Å². The van der Waals surface area contributed by atoms with Gasteiger partial charge in [-0.15, -0.1) is 11.3 Å². The number of benzene rings is 2. The molecule has 2 N–H and O–H groups in total. The van der Waals surface area contributed by atoms with Crippen LogP contribution in [-0.4, -0.2) is 26.0 Å². The summed E-state index contributed by atoms with van der Waals surface area (Å²) < 4.78 is 0.898. The van der Waals surface area contributed by atoms with Crippen LogP contribution in [0.3, 0.4) is 0 Å². The quantitative estimate of drug-likeness (QED) is 0.318. The van der Waals surface area contributed by atoms with Crippen molar-refractivity contribution in [1.82, 2.24) is 15.0 Å². The lowest BCUT2D eigenvalue weighted by Crippen LogP contribution is -2.07. The Bertz CT molecular complexity index is 1610. The third-order valence-electron chi connectivity index (χ3n) is 5.57. The number of rotatable bonds is 5. The summed E-state index contributed by atoms with van der Waals surface area (Å²) in [6.45, 7) is 1.91. The molecule has 34 heavy (non-hydrogen) atoms. The molecule has 0 bridgehead atoms. The van der Waals surface area contributed by atoms with Crippen LogP contribution >= 0.6 is 22.9 Å². The molecule has 6 nitrogen and oxygen atoms in total. The average Bonchev–Trinajstić information content (AvgIpc) is 3.24. The third kappa shape index (κ3) is 4.11. The molecule has 0 radical (unpaired) electrons. The highest BCUT2D eigenvalue weighted by atomic mass is 35.5. The third-order valence-corrected chi connectivity index (χ3v) is 6.96. The maximum Gasteiger partial charge on any atom is 0.307 e. The van der Waals surface area contributed by atoms with Crippen molar-refractivity contribution in [3.05, 3.63) is 93.5 Å². The Balaban J connectivity index is 1.71. The van der Waals surface area contributed by atoms with Crippen LogP contribution in [0.5, 0.6) is 0 Å². The lowest BCUT2D eigenvalue weighted by atomic mass is 9.93. The van der Waals surface area contributed by atoms with E-state index in [0.717, 1.165) is 43.0 Å². The SMILES string of the molecule is Cc1cc2nc(-c3ccnc(-c4ccc[nH]c4=O)c3)sc2c(-c2ccc(Cl)cc2)c1CC(=O)O. The van der Waals surface area contributed by atoms with Gasteiger partial charge in [0.15, 0.2) is 0 Å². The largest absolute Gasteiger partial charge is 0.481 e. The topological polar surface area (TPSA) is 95.9 Å². The Labute approximate surface area is 203 Å². The fourth-order valence-electron chi connectivity index (χ4n) is 3.99. The molecule has 0 unspecified atom stereocenters. The van der Waals surface area contributed by atoms with E-state index < -0.39 is 5.97 Å². The van der Waals surface area contributed by atoms with Crippen LogP contribution in [0.25, 0.3) is 43.2 Å². The number of carbonyl (C=O) groups is 1. The molecule has 0 fully saturated rings. The summed E-state index contributed by atoms with van der Waals surface area (Å²) in [4.78, 5) is 35.8. The van der Waals surface area contributed by atoms with E-state index in [4.69, 9.17) is 16.6 Å². The van der Waals surface area contributed by atoms with E-state index in [-0.39, 0.29) is 12.0 Å². The number of carboxylic acid groups (broad SMARTS) is 1. The molecule has 3 aromatic heterocycles. The number of pyridine rings is 2. The van der Waals surface area contributed by atoms with Crippen LogP contribution in [0.1, 0.15) is 11.1 Å². The minimum absolute atomic E-state index is 0.0941. The van der Waals surface area contributed by atoms with Gasteiger partial charge in [0.2, 0.25) is 0 Å². The van der Waals surface area contributed by atoms with Crippen molar-refractivity contribution in [3.8, 4) is 33.0 Å². The summed E-state index contributed by atoms with van der Waals surface area (Å²) >= 11 is 7.58. The first-order valence-electron chi connectivity index (χ1n) is 10.5. The zero-order valence-electron chi connectivity index (χ0n) is 18.0. The van der Waals surface area contributed by atoms with Gasteiger partial charge in [0, 0.05) is 28.5 Å². The fraction of sp³-hybridized carbons (Fsp3) is 0.0769. The van der Waals surface area contributed by atoms with Gasteiger partial charge < -0.3 is 10.1 Å². The number of nitrogens with one attached hydrogen (secondary N) is 1. The number of fused-ring (bicyclic) bond motifs is 1. The molecule has 0 spiro atoms. The highest BCUT2D eigenvalue weighted by Crippen LogP contribution is 2.41. The maximum atomic E-state index is 12.2. The van der Waals surface area contributed by atoms with E-state index in [1.165, 1.54) is 11.3 Å². The van der Waals surface area contributed by atoms with Crippen LogP contribution in [0.15, 0.2) is 71.8 Å². The maximum absolute atomic E-state index is 12.2. The van der Waals surface area contributed by atoms with E-state index in [1.54, 1.807) is 36.7 Å². The first kappa shape index (κ1) is 22.0. The van der Waals surface area contributed by atoms with E-state index in [9.17, 15) is 14.7 Å². The predicted molar refractivity (Wildman–Crippen MR) is 135 cm³/mol. The summed E-state index contributed by atoms with van der Waals surface area (Å²) in [5, 5.41) is 10.9. The van der Waals surface area contributed by atoms with E-state index in [0.29, 0.717) is 16.3 Å². The molecule has 0 saturated heterocycles. The summed E-state index contributed by atoms with van der Waals surface area (Å²) in [7, 11) is 0. The molecule has 168 valence electrons. The standard InChI is InChI=1S/C26H18ClN3O3S/c1-14-11-21-24(23(19(14)13-22(31)32)15-4-6-17(27)7-5-15)34-26(30-21)16-8-10-28-20(12-16)18-3-2-9-29-25(18)33/h2-12H,13H2,1H3,(H,29,33)(H,31,32). The highest BCUT2D eigenvalue weighted by molar-refractivity contribution is 7.22. The first-order chi connectivity index (χ1) is 16.4. The number of aliphatic carboxylic acids is 1. The summed E-state index contributed by atoms with van der Waals surface area (Å²) in [5.74, 6) is -0.894. The van der Waals surface area contributed by atoms with Crippen LogP contribution in [0, 0.1) is 6.92 Å². The molecule has 0 amide bonds.